The molecule has 3 aromatic carbocycles. The summed E-state index contributed by atoms with van der Waals surface area (Å²) in [6.45, 7) is 1.18. The van der Waals surface area contributed by atoms with E-state index in [-0.39, 0.29) is 24.4 Å². The first-order valence-corrected chi connectivity index (χ1v) is 11.2. The highest BCUT2D eigenvalue weighted by molar-refractivity contribution is 6.21. The van der Waals surface area contributed by atoms with Crippen LogP contribution in [0, 0.1) is 0 Å². The molecule has 0 fully saturated rings. The molecule has 33 heavy (non-hydrogen) atoms. The number of carbonyl (C=O) groups excluding carboxylic acids is 2. The maximum Gasteiger partial charge on any atom is 0.261 e. The summed E-state index contributed by atoms with van der Waals surface area (Å²) in [7, 11) is 1.61. The lowest BCUT2D eigenvalue weighted by Crippen LogP contribution is -2.87. The van der Waals surface area contributed by atoms with Crippen LogP contribution in [-0.4, -0.2) is 35.4 Å². The van der Waals surface area contributed by atoms with Crippen molar-refractivity contribution in [1.82, 2.24) is 9.88 Å². The number of nitrogens with two attached hydrogens (primary N) is 1. The number of H-pyrrole nitrogens is 1. The Hall–Kier alpha value is -3.90. The fraction of sp³-hybridized carbons (Fsp3) is 0.185. The number of aromatic nitrogens is 1. The van der Waals surface area contributed by atoms with Crippen LogP contribution in [0.15, 0.2) is 66.7 Å². The van der Waals surface area contributed by atoms with Gasteiger partial charge in [-0.1, -0.05) is 30.3 Å². The molecular weight excluding hydrogens is 414 g/mol. The van der Waals surface area contributed by atoms with Crippen LogP contribution >= 0.6 is 0 Å². The second kappa shape index (κ2) is 7.60. The summed E-state index contributed by atoms with van der Waals surface area (Å²) in [6.07, 6.45) is 1.02. The predicted octanol–water partition coefficient (Wildman–Crippen LogP) is 3.18. The third-order valence-electron chi connectivity index (χ3n) is 6.82. The number of nitrogens with zero attached hydrogens (tertiary/aromatic N) is 1. The molecule has 0 aliphatic carbocycles. The molecule has 1 aromatic heterocycles. The van der Waals surface area contributed by atoms with Crippen LogP contribution in [-0.2, 0) is 13.0 Å². The predicted molar refractivity (Wildman–Crippen MR) is 124 cm³/mol. The number of para-hydroxylation sites is 1. The number of hydrogen-bond donors (Lipinski definition) is 2. The number of fused-ring (bicyclic) bond motifs is 4. The van der Waals surface area contributed by atoms with Crippen molar-refractivity contribution in [3.05, 3.63) is 100 Å². The Labute approximate surface area is 191 Å². The van der Waals surface area contributed by atoms with E-state index in [2.05, 4.69) is 46.7 Å². The summed E-state index contributed by atoms with van der Waals surface area (Å²) < 4.78 is 5.60. The summed E-state index contributed by atoms with van der Waals surface area (Å²) in [5.74, 6) is 0.151. The molecule has 2 aliphatic rings. The maximum atomic E-state index is 12.9. The summed E-state index contributed by atoms with van der Waals surface area (Å²) in [5, 5.41) is 3.62. The molecule has 2 amide bonds. The maximum absolute atomic E-state index is 12.9. The molecule has 0 saturated carbocycles. The highest BCUT2D eigenvalue weighted by atomic mass is 16.5. The van der Waals surface area contributed by atoms with Crippen molar-refractivity contribution in [3.63, 3.8) is 0 Å². The number of benzene rings is 3. The molecular formula is C27H24N3O3+. The smallest absolute Gasteiger partial charge is 0.261 e. The lowest BCUT2D eigenvalue weighted by Gasteiger charge is -2.23. The Morgan fingerprint density at radius 3 is 2.48 bits per heavy atom. The van der Waals surface area contributed by atoms with Gasteiger partial charge in [0.25, 0.3) is 11.8 Å². The molecule has 6 rings (SSSR count). The molecule has 164 valence electrons. The minimum Gasteiger partial charge on any atom is -0.496 e. The zero-order valence-electron chi connectivity index (χ0n) is 18.3. The Kier molecular flexibility index (Phi) is 4.55. The molecule has 1 atom stereocenters. The monoisotopic (exact) mass is 438 g/mol. The number of rotatable bonds is 4. The van der Waals surface area contributed by atoms with E-state index in [0.29, 0.717) is 16.9 Å². The van der Waals surface area contributed by atoms with Crippen LogP contribution < -0.4 is 10.1 Å². The van der Waals surface area contributed by atoms with E-state index in [0.717, 1.165) is 29.6 Å². The number of hydrogen-bond acceptors (Lipinski definition) is 3. The van der Waals surface area contributed by atoms with Gasteiger partial charge in [0.05, 0.1) is 37.0 Å². The van der Waals surface area contributed by atoms with Gasteiger partial charge in [-0.05, 0) is 42.0 Å². The summed E-state index contributed by atoms with van der Waals surface area (Å²) in [6, 6.07) is 21.6. The first-order chi connectivity index (χ1) is 16.2. The van der Waals surface area contributed by atoms with Gasteiger partial charge < -0.3 is 15.0 Å². The van der Waals surface area contributed by atoms with E-state index in [1.165, 1.54) is 21.5 Å². The normalized spacial score (nSPS) is 17.4. The standard InChI is InChI=1S/C27H23N3O3/c1-33-23-11-10-16(24-25-19(12-13-28-24)18-6-4-5-9-22(18)29-25)14-17(23)15-30-26(31)20-7-2-3-8-21(20)27(30)32/h2-11,14,24,28-29H,12-13,15H2,1H3/p+1. The quantitative estimate of drug-likeness (QED) is 0.481. The Morgan fingerprint density at radius 2 is 1.73 bits per heavy atom. The lowest BCUT2D eigenvalue weighted by molar-refractivity contribution is -0.690. The number of imide groups is 1. The summed E-state index contributed by atoms with van der Waals surface area (Å²) in [4.78, 5) is 30.8. The molecule has 2 aliphatic heterocycles. The van der Waals surface area contributed by atoms with Crippen molar-refractivity contribution in [2.45, 2.75) is 19.0 Å². The van der Waals surface area contributed by atoms with Crippen LogP contribution in [0.1, 0.15) is 49.1 Å². The van der Waals surface area contributed by atoms with Crippen LogP contribution in [0.5, 0.6) is 5.75 Å². The number of nitrogens with one attached hydrogen (secondary N) is 1. The molecule has 6 nitrogen and oxygen atoms in total. The largest absolute Gasteiger partial charge is 0.496 e. The van der Waals surface area contributed by atoms with E-state index >= 15 is 0 Å². The molecule has 0 saturated heterocycles. The molecule has 6 heteroatoms. The molecule has 0 radical (unpaired) electrons. The van der Waals surface area contributed by atoms with Gasteiger partial charge >= 0.3 is 0 Å². The number of ether oxygens (including phenoxy) is 1. The summed E-state index contributed by atoms with van der Waals surface area (Å²) >= 11 is 0. The van der Waals surface area contributed by atoms with E-state index in [4.69, 9.17) is 4.74 Å². The fourth-order valence-electron chi connectivity index (χ4n) is 5.24. The van der Waals surface area contributed by atoms with Gasteiger partial charge in [-0.25, -0.2) is 0 Å². The molecule has 3 N–H and O–H groups in total. The van der Waals surface area contributed by atoms with Crippen LogP contribution in [0.4, 0.5) is 0 Å². The third-order valence-corrected chi connectivity index (χ3v) is 6.82. The highest BCUT2D eigenvalue weighted by Gasteiger charge is 2.36. The van der Waals surface area contributed by atoms with Gasteiger partial charge in [0.15, 0.2) is 6.04 Å². The number of methoxy groups -OCH3 is 1. The molecule has 0 bridgehead atoms. The van der Waals surface area contributed by atoms with Crippen molar-refractivity contribution in [2.24, 2.45) is 0 Å². The zero-order valence-corrected chi connectivity index (χ0v) is 18.3. The topological polar surface area (TPSA) is 79.0 Å². The van der Waals surface area contributed by atoms with E-state index in [1.54, 1.807) is 31.4 Å². The third kappa shape index (κ3) is 3.06. The van der Waals surface area contributed by atoms with E-state index in [1.807, 2.05) is 6.07 Å². The van der Waals surface area contributed by atoms with E-state index in [9.17, 15) is 9.59 Å². The number of carbonyl (C=O) groups is 2. The molecule has 3 heterocycles. The van der Waals surface area contributed by atoms with Crippen molar-refractivity contribution in [1.29, 1.82) is 0 Å². The van der Waals surface area contributed by atoms with Crippen LogP contribution in [0.25, 0.3) is 10.9 Å². The van der Waals surface area contributed by atoms with Gasteiger partial charge in [0.2, 0.25) is 0 Å². The number of aromatic amines is 1. The van der Waals surface area contributed by atoms with Crippen LogP contribution in [0.3, 0.4) is 0 Å². The number of quaternary nitrogens is 1. The average molecular weight is 439 g/mol. The highest BCUT2D eigenvalue weighted by Crippen LogP contribution is 2.33. The molecule has 4 aromatic rings. The second-order valence-electron chi connectivity index (χ2n) is 8.63. The first kappa shape index (κ1) is 19.8. The molecule has 0 spiro atoms. The van der Waals surface area contributed by atoms with Crippen LogP contribution in [0.2, 0.25) is 0 Å². The van der Waals surface area contributed by atoms with Gasteiger partial charge in [-0.15, -0.1) is 0 Å². The second-order valence-corrected chi connectivity index (χ2v) is 8.63. The molecule has 1 unspecified atom stereocenters. The van der Waals surface area contributed by atoms with Gasteiger partial charge in [0, 0.05) is 28.5 Å². The van der Waals surface area contributed by atoms with E-state index < -0.39 is 0 Å². The minimum absolute atomic E-state index is 0.119. The Morgan fingerprint density at radius 1 is 1.00 bits per heavy atom. The zero-order chi connectivity index (χ0) is 22.5. The van der Waals surface area contributed by atoms with Crippen molar-refractivity contribution >= 4 is 22.7 Å². The average Bonchev–Trinajstić information content (AvgIpc) is 3.35. The minimum atomic E-state index is -0.259. The van der Waals surface area contributed by atoms with Gasteiger partial charge in [-0.2, -0.15) is 0 Å². The van der Waals surface area contributed by atoms with Crippen molar-refractivity contribution in [3.8, 4) is 5.75 Å². The van der Waals surface area contributed by atoms with Crippen molar-refractivity contribution < 1.29 is 19.6 Å². The Bertz CT molecular complexity index is 1390. The summed E-state index contributed by atoms with van der Waals surface area (Å²) in [5.41, 5.74) is 6.61. The number of amides is 2. The van der Waals surface area contributed by atoms with Gasteiger partial charge in [-0.3, -0.25) is 14.5 Å². The SMILES string of the molecule is COc1ccc(C2[NH2+]CCc3c2[nH]c2ccccc32)cc1CN1C(=O)c2ccccc2C1=O. The fourth-order valence-corrected chi connectivity index (χ4v) is 5.24. The lowest BCUT2D eigenvalue weighted by atomic mass is 9.93. The first-order valence-electron chi connectivity index (χ1n) is 11.2. The Balaban J connectivity index is 1.38. The van der Waals surface area contributed by atoms with Crippen molar-refractivity contribution in [2.75, 3.05) is 13.7 Å². The van der Waals surface area contributed by atoms with Gasteiger partial charge in [0.1, 0.15) is 5.75 Å².